The van der Waals surface area contributed by atoms with E-state index in [1.54, 1.807) is 0 Å². The summed E-state index contributed by atoms with van der Waals surface area (Å²) in [6.45, 7) is 4.05. The molecule has 38 heavy (non-hydrogen) atoms. The fourth-order valence-corrected chi connectivity index (χ4v) is 5.13. The second kappa shape index (κ2) is 8.82. The molecule has 7 aromatic rings. The number of aryl methyl sites for hydroxylation is 2. The molecule has 5 heteroatoms. The van der Waals surface area contributed by atoms with Crippen molar-refractivity contribution in [1.82, 2.24) is 19.5 Å². The normalized spacial score (nSPS) is 11.4. The predicted octanol–water partition coefficient (Wildman–Crippen LogP) is 8.18. The molecule has 0 bridgehead atoms. The minimum Gasteiger partial charge on any atom is -0.417 e. The molecule has 0 atom stereocenters. The van der Waals surface area contributed by atoms with E-state index in [2.05, 4.69) is 88.4 Å². The molecule has 3 aromatic heterocycles. The SMILES string of the molecule is Cc1cc(-c2cccc(-c3nc4nc(-c5ccccc5)oc4n3-c3cccc4ccccc34)c2)cc(C)n1. The van der Waals surface area contributed by atoms with Gasteiger partial charge >= 0.3 is 0 Å². The molecule has 0 N–H and O–H groups in total. The largest absolute Gasteiger partial charge is 0.417 e. The highest BCUT2D eigenvalue weighted by Crippen LogP contribution is 2.35. The molecule has 0 saturated heterocycles. The number of pyridine rings is 1. The van der Waals surface area contributed by atoms with E-state index in [9.17, 15) is 0 Å². The fraction of sp³-hybridized carbons (Fsp3) is 0.0606. The summed E-state index contributed by atoms with van der Waals surface area (Å²) < 4.78 is 8.51. The fourth-order valence-electron chi connectivity index (χ4n) is 5.13. The van der Waals surface area contributed by atoms with Crippen molar-refractivity contribution in [3.63, 3.8) is 0 Å². The average molecular weight is 493 g/mol. The Labute approximate surface area is 220 Å². The van der Waals surface area contributed by atoms with Gasteiger partial charge in [0.2, 0.25) is 11.5 Å². The highest BCUT2D eigenvalue weighted by atomic mass is 16.4. The van der Waals surface area contributed by atoms with Crippen molar-refractivity contribution in [3.05, 3.63) is 121 Å². The molecule has 5 nitrogen and oxygen atoms in total. The van der Waals surface area contributed by atoms with Crippen molar-refractivity contribution in [3.8, 4) is 39.7 Å². The number of nitrogens with zero attached hydrogens (tertiary/aromatic N) is 4. The molecule has 182 valence electrons. The number of oxazole rings is 1. The van der Waals surface area contributed by atoms with Gasteiger partial charge in [0.15, 0.2) is 0 Å². The van der Waals surface area contributed by atoms with Crippen LogP contribution in [0.4, 0.5) is 0 Å². The van der Waals surface area contributed by atoms with Gasteiger partial charge in [0, 0.05) is 27.9 Å². The van der Waals surface area contributed by atoms with Crippen molar-refractivity contribution in [2.45, 2.75) is 13.8 Å². The van der Waals surface area contributed by atoms with Crippen LogP contribution in [-0.4, -0.2) is 19.5 Å². The zero-order chi connectivity index (χ0) is 25.6. The number of hydrogen-bond donors (Lipinski definition) is 0. The summed E-state index contributed by atoms with van der Waals surface area (Å²) in [4.78, 5) is 14.4. The summed E-state index contributed by atoms with van der Waals surface area (Å²) in [5.74, 6) is 1.34. The van der Waals surface area contributed by atoms with Crippen LogP contribution in [0.15, 0.2) is 114 Å². The van der Waals surface area contributed by atoms with Gasteiger partial charge in [-0.3, -0.25) is 9.55 Å². The van der Waals surface area contributed by atoms with Gasteiger partial charge in [0.1, 0.15) is 5.82 Å². The lowest BCUT2D eigenvalue weighted by Crippen LogP contribution is -1.99. The minimum atomic E-state index is 0.556. The first-order valence-electron chi connectivity index (χ1n) is 12.6. The third-order valence-corrected chi connectivity index (χ3v) is 6.78. The van der Waals surface area contributed by atoms with Crippen LogP contribution in [0.2, 0.25) is 0 Å². The van der Waals surface area contributed by atoms with Gasteiger partial charge in [0.05, 0.1) is 5.69 Å². The van der Waals surface area contributed by atoms with E-state index in [0.29, 0.717) is 17.3 Å². The number of benzene rings is 4. The summed E-state index contributed by atoms with van der Waals surface area (Å²) in [6.07, 6.45) is 0. The lowest BCUT2D eigenvalue weighted by molar-refractivity contribution is 0.599. The first kappa shape index (κ1) is 22.2. The van der Waals surface area contributed by atoms with Crippen LogP contribution < -0.4 is 0 Å². The third-order valence-electron chi connectivity index (χ3n) is 6.78. The lowest BCUT2D eigenvalue weighted by Gasteiger charge is -2.12. The van der Waals surface area contributed by atoms with Gasteiger partial charge in [-0.15, -0.1) is 0 Å². The topological polar surface area (TPSA) is 56.7 Å². The van der Waals surface area contributed by atoms with E-state index < -0.39 is 0 Å². The van der Waals surface area contributed by atoms with Crippen LogP contribution in [0.1, 0.15) is 11.4 Å². The summed E-state index contributed by atoms with van der Waals surface area (Å²) in [6, 6.07) is 37.3. The van der Waals surface area contributed by atoms with Crippen molar-refractivity contribution < 1.29 is 4.42 Å². The van der Waals surface area contributed by atoms with Crippen molar-refractivity contribution in [2.75, 3.05) is 0 Å². The van der Waals surface area contributed by atoms with E-state index in [4.69, 9.17) is 14.4 Å². The molecule has 3 heterocycles. The molecule has 0 spiro atoms. The molecule has 0 aliphatic heterocycles. The first-order valence-corrected chi connectivity index (χ1v) is 12.6. The van der Waals surface area contributed by atoms with Crippen LogP contribution >= 0.6 is 0 Å². The maximum Gasteiger partial charge on any atom is 0.253 e. The Morgan fingerprint density at radius 3 is 2.11 bits per heavy atom. The van der Waals surface area contributed by atoms with Crippen LogP contribution in [0.5, 0.6) is 0 Å². The van der Waals surface area contributed by atoms with Gasteiger partial charge in [-0.1, -0.05) is 72.8 Å². The molecule has 0 fully saturated rings. The minimum absolute atomic E-state index is 0.556. The van der Waals surface area contributed by atoms with Crippen molar-refractivity contribution in [2.24, 2.45) is 0 Å². The molecule has 0 saturated carbocycles. The zero-order valence-electron chi connectivity index (χ0n) is 21.1. The summed E-state index contributed by atoms with van der Waals surface area (Å²) >= 11 is 0. The van der Waals surface area contributed by atoms with Crippen LogP contribution in [-0.2, 0) is 0 Å². The Balaban J connectivity index is 1.48. The number of rotatable bonds is 4. The zero-order valence-corrected chi connectivity index (χ0v) is 21.1. The molecule has 7 rings (SSSR count). The Bertz CT molecular complexity index is 1920. The maximum absolute atomic E-state index is 6.42. The van der Waals surface area contributed by atoms with E-state index in [1.165, 1.54) is 0 Å². The third kappa shape index (κ3) is 3.76. The smallest absolute Gasteiger partial charge is 0.253 e. The van der Waals surface area contributed by atoms with Crippen LogP contribution in [0, 0.1) is 13.8 Å². The van der Waals surface area contributed by atoms with E-state index in [1.807, 2.05) is 44.2 Å². The Kier molecular flexibility index (Phi) is 5.15. The lowest BCUT2D eigenvalue weighted by atomic mass is 10.0. The van der Waals surface area contributed by atoms with Gasteiger partial charge in [-0.2, -0.15) is 4.98 Å². The number of fused-ring (bicyclic) bond motifs is 2. The summed E-state index contributed by atoms with van der Waals surface area (Å²) in [7, 11) is 0. The van der Waals surface area contributed by atoms with Crippen molar-refractivity contribution in [1.29, 1.82) is 0 Å². The molecule has 0 aliphatic rings. The highest BCUT2D eigenvalue weighted by Gasteiger charge is 2.22. The molecule has 4 aromatic carbocycles. The van der Waals surface area contributed by atoms with E-state index in [0.717, 1.165) is 55.9 Å². The number of aromatic nitrogens is 4. The Morgan fingerprint density at radius 1 is 0.579 bits per heavy atom. The van der Waals surface area contributed by atoms with Gasteiger partial charge in [0.25, 0.3) is 5.71 Å². The standard InChI is InChI=1S/C33H24N4O/c1-21-18-27(19-22(2)34-21)25-14-8-15-26(20-25)31-35-30-33(38-32(36-30)24-11-4-3-5-12-24)37(31)29-17-9-13-23-10-6-7-16-28(23)29/h3-20H,1-2H3. The Morgan fingerprint density at radius 2 is 1.26 bits per heavy atom. The Hall–Kier alpha value is -5.03. The predicted molar refractivity (Wildman–Crippen MR) is 152 cm³/mol. The number of hydrogen-bond acceptors (Lipinski definition) is 4. The van der Waals surface area contributed by atoms with Gasteiger partial charge < -0.3 is 4.42 Å². The van der Waals surface area contributed by atoms with E-state index >= 15 is 0 Å². The first-order chi connectivity index (χ1) is 18.6. The average Bonchev–Trinajstić information content (AvgIpc) is 3.51. The number of imidazole rings is 1. The van der Waals surface area contributed by atoms with Gasteiger partial charge in [-0.25, -0.2) is 4.98 Å². The second-order valence-corrected chi connectivity index (χ2v) is 9.50. The van der Waals surface area contributed by atoms with Crippen molar-refractivity contribution >= 4 is 22.1 Å². The second-order valence-electron chi connectivity index (χ2n) is 9.50. The highest BCUT2D eigenvalue weighted by molar-refractivity contribution is 5.93. The molecular weight excluding hydrogens is 468 g/mol. The quantitative estimate of drug-likeness (QED) is 0.249. The summed E-state index contributed by atoms with van der Waals surface area (Å²) in [5.41, 5.74) is 8.34. The van der Waals surface area contributed by atoms with Gasteiger partial charge in [-0.05, 0) is 66.8 Å². The summed E-state index contributed by atoms with van der Waals surface area (Å²) in [5, 5.41) is 2.27. The van der Waals surface area contributed by atoms with Crippen LogP contribution in [0.3, 0.4) is 0 Å². The molecule has 0 unspecified atom stereocenters. The molecule has 0 amide bonds. The van der Waals surface area contributed by atoms with Crippen LogP contribution in [0.25, 0.3) is 61.8 Å². The molecule has 0 aliphatic carbocycles. The maximum atomic E-state index is 6.42. The monoisotopic (exact) mass is 492 g/mol. The molecular formula is C33H24N4O. The molecule has 0 radical (unpaired) electrons. The van der Waals surface area contributed by atoms with E-state index in [-0.39, 0.29) is 0 Å².